The Labute approximate surface area is 164 Å². The maximum Gasteiger partial charge on any atom is 0.191 e. The predicted molar refractivity (Wildman–Crippen MR) is 110 cm³/mol. The molecule has 2 fully saturated rings. The van der Waals surface area contributed by atoms with Crippen molar-refractivity contribution in [2.75, 3.05) is 26.7 Å². The Morgan fingerprint density at radius 2 is 1.85 bits per heavy atom. The van der Waals surface area contributed by atoms with Crippen LogP contribution in [0.25, 0.3) is 0 Å². The van der Waals surface area contributed by atoms with Gasteiger partial charge in [0.05, 0.1) is 12.2 Å². The number of rotatable bonds is 6. The summed E-state index contributed by atoms with van der Waals surface area (Å²) in [5.74, 6) is 2.08. The first-order valence-corrected chi connectivity index (χ1v) is 10.8. The summed E-state index contributed by atoms with van der Waals surface area (Å²) in [7, 11) is 1.84. The molecule has 2 aliphatic rings. The Morgan fingerprint density at radius 1 is 1.15 bits per heavy atom. The lowest BCUT2D eigenvalue weighted by molar-refractivity contribution is 0.0368. The molecule has 6 nitrogen and oxygen atoms in total. The first-order valence-electron chi connectivity index (χ1n) is 10.8. The van der Waals surface area contributed by atoms with Crippen LogP contribution in [0.5, 0.6) is 0 Å². The van der Waals surface area contributed by atoms with Crippen LogP contribution in [0, 0.1) is 0 Å². The summed E-state index contributed by atoms with van der Waals surface area (Å²) < 4.78 is 5.43. The predicted octanol–water partition coefficient (Wildman–Crippen LogP) is 3.65. The van der Waals surface area contributed by atoms with Crippen LogP contribution in [0.4, 0.5) is 0 Å². The molecule has 1 saturated heterocycles. The van der Waals surface area contributed by atoms with Gasteiger partial charge in [0.2, 0.25) is 0 Å². The van der Waals surface area contributed by atoms with Crippen LogP contribution in [0.3, 0.4) is 0 Å². The van der Waals surface area contributed by atoms with Gasteiger partial charge in [-0.1, -0.05) is 44.7 Å². The summed E-state index contributed by atoms with van der Waals surface area (Å²) in [4.78, 5) is 7.18. The van der Waals surface area contributed by atoms with E-state index in [0.717, 1.165) is 24.0 Å². The van der Waals surface area contributed by atoms with Crippen LogP contribution in [0.1, 0.15) is 82.6 Å². The van der Waals surface area contributed by atoms with Crippen LogP contribution in [-0.4, -0.2) is 48.2 Å². The lowest BCUT2D eigenvalue weighted by atomic mass is 9.79. The van der Waals surface area contributed by atoms with E-state index >= 15 is 0 Å². The van der Waals surface area contributed by atoms with Crippen molar-refractivity contribution < 1.29 is 4.52 Å². The number of hydrogen-bond donors (Lipinski definition) is 2. The first kappa shape index (κ1) is 20.2. The molecule has 2 N–H and O–H groups in total. The smallest absolute Gasteiger partial charge is 0.191 e. The molecule has 0 aromatic carbocycles. The second kappa shape index (κ2) is 9.58. The Hall–Kier alpha value is -1.56. The zero-order valence-electron chi connectivity index (χ0n) is 17.4. The van der Waals surface area contributed by atoms with Gasteiger partial charge >= 0.3 is 0 Å². The van der Waals surface area contributed by atoms with Crippen molar-refractivity contribution in [3.63, 3.8) is 0 Å². The summed E-state index contributed by atoms with van der Waals surface area (Å²) in [6.45, 7) is 8.34. The zero-order valence-corrected chi connectivity index (χ0v) is 17.4. The number of guanidine groups is 1. The summed E-state index contributed by atoms with van der Waals surface area (Å²) in [6.07, 6.45) is 10.8. The first-order chi connectivity index (χ1) is 13.1. The average molecular weight is 376 g/mol. The van der Waals surface area contributed by atoms with Gasteiger partial charge in [0.25, 0.3) is 0 Å². The van der Waals surface area contributed by atoms with Crippen molar-refractivity contribution in [3.8, 4) is 0 Å². The molecule has 0 unspecified atom stereocenters. The third-order valence-corrected chi connectivity index (χ3v) is 6.22. The van der Waals surface area contributed by atoms with Gasteiger partial charge in [-0.15, -0.1) is 0 Å². The zero-order chi connectivity index (χ0) is 19.1. The van der Waals surface area contributed by atoms with Gasteiger partial charge < -0.3 is 15.2 Å². The van der Waals surface area contributed by atoms with Crippen LogP contribution in [0.2, 0.25) is 0 Å². The number of hydrogen-bond acceptors (Lipinski definition) is 4. The molecule has 3 rings (SSSR count). The number of nitrogens with zero attached hydrogens (tertiary/aromatic N) is 3. The molecule has 27 heavy (non-hydrogen) atoms. The molecule has 1 aliphatic heterocycles. The normalized spacial score (nSPS) is 21.4. The quantitative estimate of drug-likeness (QED) is 0.587. The van der Waals surface area contributed by atoms with E-state index in [4.69, 9.17) is 4.52 Å². The Kier molecular flexibility index (Phi) is 7.16. The van der Waals surface area contributed by atoms with E-state index < -0.39 is 0 Å². The molecule has 2 heterocycles. The summed E-state index contributed by atoms with van der Waals surface area (Å²) in [6, 6.07) is 2.03. The molecule has 0 radical (unpaired) electrons. The Balaban J connectivity index is 1.55. The maximum absolute atomic E-state index is 5.43. The van der Waals surface area contributed by atoms with Gasteiger partial charge in [-0.2, -0.15) is 0 Å². The van der Waals surface area contributed by atoms with E-state index in [9.17, 15) is 0 Å². The van der Waals surface area contributed by atoms with E-state index in [1.54, 1.807) is 0 Å². The Morgan fingerprint density at radius 3 is 2.48 bits per heavy atom. The summed E-state index contributed by atoms with van der Waals surface area (Å²) in [5, 5.41) is 11.1. The summed E-state index contributed by atoms with van der Waals surface area (Å²) in [5.41, 5.74) is 1.30. The van der Waals surface area contributed by atoms with Crippen LogP contribution < -0.4 is 10.6 Å². The minimum Gasteiger partial charge on any atom is -0.359 e. The molecule has 0 atom stereocenters. The second-order valence-corrected chi connectivity index (χ2v) is 8.48. The van der Waals surface area contributed by atoms with E-state index in [-0.39, 0.29) is 0 Å². The minimum absolute atomic E-state index is 0.299. The van der Waals surface area contributed by atoms with Crippen molar-refractivity contribution in [1.82, 2.24) is 20.7 Å². The van der Waals surface area contributed by atoms with E-state index in [0.29, 0.717) is 18.0 Å². The largest absolute Gasteiger partial charge is 0.359 e. The van der Waals surface area contributed by atoms with Gasteiger partial charge in [-0.05, 0) is 44.7 Å². The Bertz CT molecular complexity index is 597. The van der Waals surface area contributed by atoms with Crippen LogP contribution in [-0.2, 0) is 6.54 Å². The van der Waals surface area contributed by atoms with E-state index in [1.807, 2.05) is 13.1 Å². The van der Waals surface area contributed by atoms with Gasteiger partial charge in [0.15, 0.2) is 11.7 Å². The van der Waals surface area contributed by atoms with E-state index in [1.165, 1.54) is 64.5 Å². The van der Waals surface area contributed by atoms with Crippen molar-refractivity contribution in [3.05, 3.63) is 17.5 Å². The molecule has 0 spiro atoms. The molecule has 1 aliphatic carbocycles. The number of nitrogens with one attached hydrogen (secondary N) is 2. The third-order valence-electron chi connectivity index (χ3n) is 6.22. The molecule has 152 valence electrons. The molecule has 1 aromatic rings. The van der Waals surface area contributed by atoms with Crippen molar-refractivity contribution in [1.29, 1.82) is 0 Å². The fourth-order valence-corrected chi connectivity index (χ4v) is 4.51. The molecule has 0 bridgehead atoms. The van der Waals surface area contributed by atoms with Gasteiger partial charge in [0.1, 0.15) is 0 Å². The highest BCUT2D eigenvalue weighted by Gasteiger charge is 2.38. The number of aromatic nitrogens is 1. The third kappa shape index (κ3) is 5.24. The molecule has 6 heteroatoms. The van der Waals surface area contributed by atoms with Crippen molar-refractivity contribution in [2.24, 2.45) is 4.99 Å². The average Bonchev–Trinajstić information content (AvgIpc) is 3.19. The minimum atomic E-state index is 0.299. The van der Waals surface area contributed by atoms with Crippen molar-refractivity contribution in [2.45, 2.75) is 83.2 Å². The standard InChI is InChI=1S/C21H37N5O/c1-17(2)19-14-18(27-25-19)15-23-20(22-3)24-16-21(10-6-4-7-11-21)26-12-8-5-9-13-26/h14,17H,4-13,15-16H2,1-3H3,(H2,22,23,24). The SMILES string of the molecule is CN=C(NCc1cc(C(C)C)no1)NCC1(N2CCCCC2)CCCCC1. The fraction of sp³-hybridized carbons (Fsp3) is 0.810. The lowest BCUT2D eigenvalue weighted by Gasteiger charge is -2.48. The number of aliphatic imine (C=N–C) groups is 1. The van der Waals surface area contributed by atoms with Crippen molar-refractivity contribution >= 4 is 5.96 Å². The molecular formula is C21H37N5O. The van der Waals surface area contributed by atoms with Gasteiger partial charge in [-0.25, -0.2) is 0 Å². The van der Waals surface area contributed by atoms with Crippen LogP contribution in [0.15, 0.2) is 15.6 Å². The molecule has 1 saturated carbocycles. The number of piperidine rings is 1. The van der Waals surface area contributed by atoms with Crippen LogP contribution >= 0.6 is 0 Å². The van der Waals surface area contributed by atoms with Gasteiger partial charge in [0, 0.05) is 25.2 Å². The van der Waals surface area contributed by atoms with Gasteiger partial charge in [-0.3, -0.25) is 9.89 Å². The molecule has 0 amide bonds. The molecule has 1 aromatic heterocycles. The topological polar surface area (TPSA) is 65.7 Å². The maximum atomic E-state index is 5.43. The molecular weight excluding hydrogens is 338 g/mol. The highest BCUT2D eigenvalue weighted by atomic mass is 16.5. The fourth-order valence-electron chi connectivity index (χ4n) is 4.51. The highest BCUT2D eigenvalue weighted by molar-refractivity contribution is 5.79. The second-order valence-electron chi connectivity index (χ2n) is 8.48. The van der Waals surface area contributed by atoms with E-state index in [2.05, 4.69) is 39.5 Å². The highest BCUT2D eigenvalue weighted by Crippen LogP contribution is 2.35. The number of likely N-dealkylation sites (tertiary alicyclic amines) is 1. The summed E-state index contributed by atoms with van der Waals surface area (Å²) >= 11 is 0. The monoisotopic (exact) mass is 375 g/mol. The lowest BCUT2D eigenvalue weighted by Crippen LogP contribution is -2.59.